The predicted molar refractivity (Wildman–Crippen MR) is 152 cm³/mol. The minimum absolute atomic E-state index is 0.0504. The number of nitrogens with two attached hydrogens (primary N) is 2. The van der Waals surface area contributed by atoms with Gasteiger partial charge in [0.15, 0.2) is 47.7 Å². The maximum Gasteiger partial charge on any atom is 0.386 e. The number of alkyl halides is 2. The van der Waals surface area contributed by atoms with Gasteiger partial charge in [0, 0.05) is 0 Å². The molecule has 18 nitrogen and oxygen atoms in total. The molecule has 0 saturated carbocycles. The molecule has 24 heteroatoms. The first-order valence-electron chi connectivity index (χ1n) is 12.7. The number of ether oxygens (including phenoxy) is 2. The van der Waals surface area contributed by atoms with Gasteiger partial charge in [0.1, 0.15) is 48.1 Å². The molecule has 7 rings (SSSR count). The van der Waals surface area contributed by atoms with E-state index in [4.69, 9.17) is 39.0 Å². The lowest BCUT2D eigenvalue weighted by Crippen LogP contribution is -2.36. The van der Waals surface area contributed by atoms with E-state index in [-0.39, 0.29) is 34.0 Å². The van der Waals surface area contributed by atoms with Crippen molar-refractivity contribution in [3.8, 4) is 0 Å². The number of hydrogen-bond donors (Lipinski definition) is 4. The molecule has 10 atom stereocenters. The van der Waals surface area contributed by atoms with Crippen LogP contribution in [-0.2, 0) is 36.7 Å². The molecule has 1 unspecified atom stereocenters. The lowest BCUT2D eigenvalue weighted by atomic mass is 10.1. The van der Waals surface area contributed by atoms with E-state index in [1.807, 2.05) is 0 Å². The minimum atomic E-state index is -4.39. The second-order valence-electron chi connectivity index (χ2n) is 9.85. The van der Waals surface area contributed by atoms with E-state index in [1.54, 1.807) is 0 Å². The van der Waals surface area contributed by atoms with E-state index < -0.39 is 76.0 Å². The Labute approximate surface area is 255 Å². The molecule has 0 aliphatic carbocycles. The fourth-order valence-electron chi connectivity index (χ4n) is 5.17. The van der Waals surface area contributed by atoms with Crippen molar-refractivity contribution < 1.29 is 45.5 Å². The number of nitrogen functional groups attached to an aromatic ring is 2. The molecule has 0 bridgehead atoms. The number of aromatic nitrogens is 8. The molecule has 4 N–H and O–H groups in total. The standard InChI is InChI=1S/C20H22F2N10O8P2S2/c21-9-13-7(37-19(9)31-5-29-11-15(23)25-3-27-17(11)31)1-35-41(33,43)40-14-8(2-36-42(34,44)39-13)38-20(10(14)22)32-6-30-12-16(24)26-4-28-18(12)32/h3-10,13-14,19-20H,1-2H2,(H,33,43)(H,34,44)(H2,23,25,27)(H2,24,26,28)/t7-,8-,9-,10-,13-,14-,19-,20-,41+,42?/m1/s1. The molecular weight excluding hydrogens is 672 g/mol. The Morgan fingerprint density at radius 2 is 1.14 bits per heavy atom. The van der Waals surface area contributed by atoms with Gasteiger partial charge in [0.25, 0.3) is 0 Å². The Balaban J connectivity index is 1.17. The summed E-state index contributed by atoms with van der Waals surface area (Å²) in [4.78, 5) is 24.0. The highest BCUT2D eigenvalue weighted by atomic mass is 32.7. The van der Waals surface area contributed by atoms with Gasteiger partial charge in [-0.1, -0.05) is 24.5 Å². The van der Waals surface area contributed by atoms with E-state index in [1.165, 1.54) is 21.8 Å². The number of rotatable bonds is 2. The van der Waals surface area contributed by atoms with Crippen LogP contribution >= 0.6 is 38.1 Å². The van der Waals surface area contributed by atoms with E-state index >= 15 is 8.78 Å². The van der Waals surface area contributed by atoms with E-state index in [9.17, 15) is 9.13 Å². The third-order valence-corrected chi connectivity index (χ3v) is 10.4. The van der Waals surface area contributed by atoms with E-state index in [0.717, 1.165) is 12.7 Å². The Morgan fingerprint density at radius 1 is 0.727 bits per heavy atom. The van der Waals surface area contributed by atoms with Gasteiger partial charge in [-0.3, -0.25) is 27.2 Å². The molecule has 4 aromatic rings. The molecule has 0 aromatic carbocycles. The highest BCUT2D eigenvalue weighted by Crippen LogP contribution is 2.60. The number of fused-ring (bicyclic) bond motifs is 4. The summed E-state index contributed by atoms with van der Waals surface area (Å²) in [7, 11) is 0. The molecule has 4 aromatic heterocycles. The van der Waals surface area contributed by atoms with Gasteiger partial charge in [-0.2, -0.15) is 0 Å². The summed E-state index contributed by atoms with van der Waals surface area (Å²) in [6.07, 6.45) is -8.12. The van der Waals surface area contributed by atoms with Gasteiger partial charge in [0.05, 0.1) is 25.9 Å². The van der Waals surface area contributed by atoms with Crippen LogP contribution in [0, 0.1) is 0 Å². The van der Waals surface area contributed by atoms with Gasteiger partial charge in [0.2, 0.25) is 0 Å². The summed E-state index contributed by atoms with van der Waals surface area (Å²) < 4.78 is 94.5. The minimum Gasteiger partial charge on any atom is -0.382 e. The maximum absolute atomic E-state index is 16.0. The van der Waals surface area contributed by atoms with Crippen molar-refractivity contribution in [2.45, 2.75) is 49.2 Å². The molecule has 7 heterocycles. The average molecular weight is 695 g/mol. The second kappa shape index (κ2) is 11.1. The lowest BCUT2D eigenvalue weighted by molar-refractivity contribution is -0.0544. The van der Waals surface area contributed by atoms with Crippen LogP contribution in [0.25, 0.3) is 22.3 Å². The highest BCUT2D eigenvalue weighted by molar-refractivity contribution is 8.44. The van der Waals surface area contributed by atoms with Crippen molar-refractivity contribution in [3.05, 3.63) is 25.3 Å². The van der Waals surface area contributed by atoms with Crippen LogP contribution in [0.1, 0.15) is 12.5 Å². The quantitative estimate of drug-likeness (QED) is 0.174. The molecule has 0 spiro atoms. The zero-order valence-corrected chi connectivity index (χ0v) is 25.5. The first kappa shape index (κ1) is 30.2. The smallest absolute Gasteiger partial charge is 0.382 e. The third-order valence-electron chi connectivity index (χ3n) is 7.17. The first-order valence-corrected chi connectivity index (χ1v) is 18.1. The Hall–Kier alpha value is -2.52. The van der Waals surface area contributed by atoms with E-state index in [0.29, 0.717) is 0 Å². The molecule has 44 heavy (non-hydrogen) atoms. The van der Waals surface area contributed by atoms with Gasteiger partial charge in [-0.05, 0) is 0 Å². The molecule has 0 amide bonds. The zero-order valence-electron chi connectivity index (χ0n) is 21.9. The van der Waals surface area contributed by atoms with Crippen molar-refractivity contribution in [3.63, 3.8) is 0 Å². The Kier molecular flexibility index (Phi) is 7.59. The summed E-state index contributed by atoms with van der Waals surface area (Å²) in [5.74, 6) is 0.101. The number of thiol groups is 2. The maximum atomic E-state index is 16.0. The molecule has 0 radical (unpaired) electrons. The Morgan fingerprint density at radius 3 is 1.55 bits per heavy atom. The molecule has 3 fully saturated rings. The van der Waals surface area contributed by atoms with Crippen LogP contribution in [0.15, 0.2) is 25.3 Å². The summed E-state index contributed by atoms with van der Waals surface area (Å²) >= 11 is 7.99. The van der Waals surface area contributed by atoms with Crippen molar-refractivity contribution in [2.75, 3.05) is 24.7 Å². The van der Waals surface area contributed by atoms with E-state index in [2.05, 4.69) is 54.4 Å². The van der Waals surface area contributed by atoms with Crippen LogP contribution in [0.5, 0.6) is 0 Å². The number of halogens is 2. The predicted octanol–water partition coefficient (Wildman–Crippen LogP) is 2.19. The fourth-order valence-corrected chi connectivity index (χ4v) is 8.14. The van der Waals surface area contributed by atoms with Gasteiger partial charge >= 0.3 is 13.6 Å². The lowest BCUT2D eigenvalue weighted by Gasteiger charge is -2.28. The largest absolute Gasteiger partial charge is 0.386 e. The molecule has 236 valence electrons. The normalized spacial score (nSPS) is 38.3. The van der Waals surface area contributed by atoms with Gasteiger partial charge in [-0.15, -0.1) is 0 Å². The zero-order chi connectivity index (χ0) is 31.0. The van der Waals surface area contributed by atoms with Crippen LogP contribution in [0.4, 0.5) is 20.4 Å². The number of hydrogen-bond acceptors (Lipinski definition) is 16. The van der Waals surface area contributed by atoms with Crippen LogP contribution < -0.4 is 11.5 Å². The van der Waals surface area contributed by atoms with Crippen molar-refractivity contribution in [1.29, 1.82) is 0 Å². The highest BCUT2D eigenvalue weighted by Gasteiger charge is 2.54. The second-order valence-corrected chi connectivity index (χ2v) is 15.6. The van der Waals surface area contributed by atoms with Gasteiger partial charge < -0.3 is 20.9 Å². The monoisotopic (exact) mass is 694 g/mol. The van der Waals surface area contributed by atoms with Gasteiger partial charge in [-0.25, -0.2) is 47.8 Å². The Bertz CT molecular complexity index is 1710. The number of imidazole rings is 2. The fraction of sp³-hybridized carbons (Fsp3) is 0.500. The summed E-state index contributed by atoms with van der Waals surface area (Å²) in [5.41, 5.74) is 12.3. The summed E-state index contributed by atoms with van der Waals surface area (Å²) in [6, 6.07) is 0. The van der Waals surface area contributed by atoms with Crippen LogP contribution in [0.2, 0.25) is 0 Å². The summed E-state index contributed by atoms with van der Waals surface area (Å²) in [6.45, 7) is -10.1. The average Bonchev–Trinajstić information content (AvgIpc) is 3.73. The SMILES string of the molecule is Nc1ncnc2c1ncn2[C@@H]1O[C@@H]2CO[P@](=O)(S)O[C@H]3[C@@H](F)[C@H](n4cnc5c(N)ncnc54)O[C@@H]3COP(=O)(S)O[C@H]2[C@H]1F. The van der Waals surface area contributed by atoms with Crippen molar-refractivity contribution in [1.82, 2.24) is 39.0 Å². The molecule has 3 saturated heterocycles. The number of anilines is 2. The third kappa shape index (κ3) is 5.25. The molecule has 3 aliphatic heterocycles. The molecule has 3 aliphatic rings. The topological polar surface area (TPSA) is 229 Å². The van der Waals surface area contributed by atoms with Crippen molar-refractivity contribution in [2.24, 2.45) is 0 Å². The van der Waals surface area contributed by atoms with Crippen molar-refractivity contribution >= 4 is 72.1 Å². The van der Waals surface area contributed by atoms with Crippen LogP contribution in [-0.4, -0.2) is 89.0 Å². The number of nitrogens with zero attached hydrogens (tertiary/aromatic N) is 8. The molecular formula is C20H22F2N10O8P2S2. The first-order chi connectivity index (χ1) is 20.9. The summed E-state index contributed by atoms with van der Waals surface area (Å²) in [5, 5.41) is 0. The van der Waals surface area contributed by atoms with Crippen LogP contribution in [0.3, 0.4) is 0 Å².